The quantitative estimate of drug-likeness (QED) is 0.891. The molecule has 2 rings (SSSR count). The van der Waals surface area contributed by atoms with E-state index in [9.17, 15) is 4.79 Å². The lowest BCUT2D eigenvalue weighted by molar-refractivity contribution is 0.103. The predicted octanol–water partition coefficient (Wildman–Crippen LogP) is 3.32. The van der Waals surface area contributed by atoms with E-state index in [4.69, 9.17) is 0 Å². The van der Waals surface area contributed by atoms with Crippen LogP contribution in [0.4, 0.5) is 5.82 Å². The molecule has 0 atom stereocenters. The van der Waals surface area contributed by atoms with E-state index in [1.807, 2.05) is 6.07 Å². The lowest BCUT2D eigenvalue weighted by atomic mass is 10.4. The van der Waals surface area contributed by atoms with Crippen LogP contribution in [0.15, 0.2) is 32.9 Å². The minimum atomic E-state index is -0.188. The topological polar surface area (TPSA) is 54.9 Å². The Kier molecular flexibility index (Phi) is 3.67. The molecule has 2 heterocycles. The fourth-order valence-electron chi connectivity index (χ4n) is 0.991. The number of aromatic nitrogens is 2. The molecule has 4 nitrogen and oxygen atoms in total. The highest BCUT2D eigenvalue weighted by Crippen LogP contribution is 2.22. The Hall–Kier alpha value is -0.790. The standard InChI is InChI=1S/C9H5Br2N3OS/c10-6-3-13-8(4-12-6)14-9(15)5-1-2-7(11)16-5/h1-4H,(H,13,14,15). The predicted molar refractivity (Wildman–Crippen MR) is 69.7 cm³/mol. The van der Waals surface area contributed by atoms with Crippen LogP contribution in [0.5, 0.6) is 0 Å². The van der Waals surface area contributed by atoms with Gasteiger partial charge >= 0.3 is 0 Å². The van der Waals surface area contributed by atoms with E-state index in [-0.39, 0.29) is 5.91 Å². The third kappa shape index (κ3) is 2.87. The maximum Gasteiger partial charge on any atom is 0.266 e. The van der Waals surface area contributed by atoms with Crippen LogP contribution in [0.3, 0.4) is 0 Å². The highest BCUT2D eigenvalue weighted by molar-refractivity contribution is 9.11. The van der Waals surface area contributed by atoms with Crippen LogP contribution in [-0.4, -0.2) is 15.9 Å². The smallest absolute Gasteiger partial charge is 0.266 e. The molecule has 0 bridgehead atoms. The second-order valence-corrected chi connectivity index (χ2v) is 6.06. The summed E-state index contributed by atoms with van der Waals surface area (Å²) in [5, 5.41) is 2.65. The van der Waals surface area contributed by atoms with Crippen molar-refractivity contribution in [1.82, 2.24) is 9.97 Å². The summed E-state index contributed by atoms with van der Waals surface area (Å²) in [6.07, 6.45) is 3.02. The van der Waals surface area contributed by atoms with Gasteiger partial charge in [-0.25, -0.2) is 9.97 Å². The molecule has 0 spiro atoms. The van der Waals surface area contributed by atoms with Crippen molar-refractivity contribution < 1.29 is 4.79 Å². The number of nitrogens with one attached hydrogen (secondary N) is 1. The highest BCUT2D eigenvalue weighted by Gasteiger charge is 2.09. The number of nitrogens with zero attached hydrogens (tertiary/aromatic N) is 2. The Morgan fingerprint density at radius 2 is 2.06 bits per heavy atom. The number of thiophene rings is 1. The number of carbonyl (C=O) groups excluding carboxylic acids is 1. The summed E-state index contributed by atoms with van der Waals surface area (Å²) in [4.78, 5) is 20.3. The minimum Gasteiger partial charge on any atom is -0.305 e. The third-order valence-corrected chi connectivity index (χ3v) is 3.69. The van der Waals surface area contributed by atoms with Crippen LogP contribution >= 0.6 is 43.2 Å². The summed E-state index contributed by atoms with van der Waals surface area (Å²) < 4.78 is 1.55. The molecule has 2 aromatic heterocycles. The second-order valence-electron chi connectivity index (χ2n) is 2.78. The van der Waals surface area contributed by atoms with Crippen molar-refractivity contribution in [3.8, 4) is 0 Å². The van der Waals surface area contributed by atoms with Crippen LogP contribution in [0, 0.1) is 0 Å². The van der Waals surface area contributed by atoms with Crippen LogP contribution < -0.4 is 5.32 Å². The summed E-state index contributed by atoms with van der Waals surface area (Å²) in [7, 11) is 0. The van der Waals surface area contributed by atoms with Gasteiger partial charge in [0, 0.05) is 0 Å². The van der Waals surface area contributed by atoms with E-state index < -0.39 is 0 Å². The first-order chi connectivity index (χ1) is 7.65. The van der Waals surface area contributed by atoms with E-state index in [0.29, 0.717) is 15.3 Å². The second kappa shape index (κ2) is 5.03. The minimum absolute atomic E-state index is 0.188. The number of anilines is 1. The average molecular weight is 363 g/mol. The first kappa shape index (κ1) is 11.7. The molecule has 0 unspecified atom stereocenters. The van der Waals surface area contributed by atoms with E-state index in [2.05, 4.69) is 47.1 Å². The number of hydrogen-bond donors (Lipinski definition) is 1. The van der Waals surface area contributed by atoms with Crippen LogP contribution in [0.1, 0.15) is 9.67 Å². The van der Waals surface area contributed by atoms with Gasteiger partial charge in [-0.3, -0.25) is 4.79 Å². The number of carbonyl (C=O) groups is 1. The van der Waals surface area contributed by atoms with E-state index in [1.54, 1.807) is 6.07 Å². The summed E-state index contributed by atoms with van der Waals surface area (Å²) >= 11 is 7.83. The van der Waals surface area contributed by atoms with Gasteiger partial charge in [0.15, 0.2) is 5.82 Å². The molecule has 0 saturated heterocycles. The number of rotatable bonds is 2. The number of halogens is 2. The van der Waals surface area contributed by atoms with Crippen LogP contribution in [0.25, 0.3) is 0 Å². The monoisotopic (exact) mass is 361 g/mol. The van der Waals surface area contributed by atoms with Gasteiger partial charge in [-0.15, -0.1) is 11.3 Å². The molecule has 0 radical (unpaired) electrons. The lowest BCUT2D eigenvalue weighted by Crippen LogP contribution is -2.11. The van der Waals surface area contributed by atoms with Crippen molar-refractivity contribution in [1.29, 1.82) is 0 Å². The number of hydrogen-bond acceptors (Lipinski definition) is 4. The summed E-state index contributed by atoms with van der Waals surface area (Å²) in [6.45, 7) is 0. The Morgan fingerprint density at radius 3 is 2.62 bits per heavy atom. The molecule has 0 aliphatic rings. The Bertz CT molecular complexity index is 512. The Morgan fingerprint density at radius 1 is 1.25 bits per heavy atom. The van der Waals surface area contributed by atoms with Crippen molar-refractivity contribution in [2.45, 2.75) is 0 Å². The molecule has 0 aliphatic carbocycles. The molecule has 82 valence electrons. The summed E-state index contributed by atoms with van der Waals surface area (Å²) in [6, 6.07) is 3.57. The van der Waals surface area contributed by atoms with Crippen molar-refractivity contribution in [3.63, 3.8) is 0 Å². The molecule has 2 aromatic rings. The molecule has 1 N–H and O–H groups in total. The van der Waals surface area contributed by atoms with Gasteiger partial charge in [-0.1, -0.05) is 0 Å². The molecular formula is C9H5Br2N3OS. The van der Waals surface area contributed by atoms with E-state index in [1.165, 1.54) is 23.7 Å². The molecular weight excluding hydrogens is 358 g/mol. The van der Waals surface area contributed by atoms with E-state index in [0.717, 1.165) is 3.79 Å². The zero-order valence-electron chi connectivity index (χ0n) is 7.78. The van der Waals surface area contributed by atoms with Gasteiger partial charge in [-0.2, -0.15) is 0 Å². The largest absolute Gasteiger partial charge is 0.305 e. The third-order valence-electron chi connectivity index (χ3n) is 1.66. The van der Waals surface area contributed by atoms with Gasteiger partial charge < -0.3 is 5.32 Å². The normalized spacial score (nSPS) is 10.1. The molecule has 0 aliphatic heterocycles. The van der Waals surface area contributed by atoms with Gasteiger partial charge in [0.05, 0.1) is 21.1 Å². The number of amides is 1. The maximum absolute atomic E-state index is 11.7. The Labute approximate surface area is 112 Å². The first-order valence-corrected chi connectivity index (χ1v) is 6.59. The lowest BCUT2D eigenvalue weighted by Gasteiger charge is -2.01. The van der Waals surface area contributed by atoms with Crippen LogP contribution in [-0.2, 0) is 0 Å². The summed E-state index contributed by atoms with van der Waals surface area (Å²) in [5.74, 6) is 0.241. The van der Waals surface area contributed by atoms with Crippen molar-refractivity contribution in [3.05, 3.63) is 37.8 Å². The zero-order valence-corrected chi connectivity index (χ0v) is 11.8. The molecule has 16 heavy (non-hydrogen) atoms. The maximum atomic E-state index is 11.7. The highest BCUT2D eigenvalue weighted by atomic mass is 79.9. The molecule has 1 amide bonds. The van der Waals surface area contributed by atoms with Gasteiger partial charge in [-0.05, 0) is 44.0 Å². The molecule has 0 aromatic carbocycles. The molecule has 0 saturated carbocycles. The van der Waals surface area contributed by atoms with Gasteiger partial charge in [0.2, 0.25) is 0 Å². The SMILES string of the molecule is O=C(Nc1cnc(Br)cn1)c1ccc(Br)s1. The van der Waals surface area contributed by atoms with Crippen molar-refractivity contribution >= 4 is 54.9 Å². The Balaban J connectivity index is 2.10. The fourth-order valence-corrected chi connectivity index (χ4v) is 2.48. The first-order valence-electron chi connectivity index (χ1n) is 4.19. The summed E-state index contributed by atoms with van der Waals surface area (Å²) in [5.41, 5.74) is 0. The average Bonchev–Trinajstić information content (AvgIpc) is 2.68. The van der Waals surface area contributed by atoms with Gasteiger partial charge in [0.25, 0.3) is 5.91 Å². The molecule has 7 heteroatoms. The molecule has 0 fully saturated rings. The van der Waals surface area contributed by atoms with Crippen molar-refractivity contribution in [2.75, 3.05) is 5.32 Å². The fraction of sp³-hybridized carbons (Fsp3) is 0. The van der Waals surface area contributed by atoms with Gasteiger partial charge in [0.1, 0.15) is 4.60 Å². The van der Waals surface area contributed by atoms with Crippen molar-refractivity contribution in [2.24, 2.45) is 0 Å². The zero-order chi connectivity index (χ0) is 11.5. The van der Waals surface area contributed by atoms with Crippen LogP contribution in [0.2, 0.25) is 0 Å². The van der Waals surface area contributed by atoms with E-state index >= 15 is 0 Å².